The number of benzene rings is 2. The molecule has 0 unspecified atom stereocenters. The predicted octanol–water partition coefficient (Wildman–Crippen LogP) is 3.26. The van der Waals surface area contributed by atoms with Gasteiger partial charge in [-0.15, -0.1) is 0 Å². The molecule has 5 heteroatoms. The molecular weight excluding hydrogens is 290 g/mol. The molecule has 1 amide bonds. The zero-order chi connectivity index (χ0) is 15.8. The van der Waals surface area contributed by atoms with Crippen LogP contribution in [-0.4, -0.2) is 15.9 Å². The van der Waals surface area contributed by atoms with E-state index >= 15 is 0 Å². The Balaban J connectivity index is 1.91. The quantitative estimate of drug-likeness (QED) is 0.531. The number of fused-ring (bicyclic) bond motifs is 3. The Labute approximate surface area is 131 Å². The van der Waals surface area contributed by atoms with Crippen molar-refractivity contribution >= 4 is 33.4 Å². The van der Waals surface area contributed by atoms with Gasteiger partial charge in [-0.25, -0.2) is 0 Å². The molecule has 0 aliphatic heterocycles. The Hall–Kier alpha value is -3.34. The lowest BCUT2D eigenvalue weighted by atomic mass is 10.1. The van der Waals surface area contributed by atoms with E-state index in [1.165, 1.54) is 0 Å². The molecule has 4 rings (SSSR count). The summed E-state index contributed by atoms with van der Waals surface area (Å²) in [6.45, 7) is 0. The van der Waals surface area contributed by atoms with Crippen LogP contribution in [0.25, 0.3) is 21.8 Å². The monoisotopic (exact) mass is 303 g/mol. The summed E-state index contributed by atoms with van der Waals surface area (Å²) < 4.78 is 0. The van der Waals surface area contributed by atoms with Crippen molar-refractivity contribution < 1.29 is 4.79 Å². The molecule has 23 heavy (non-hydrogen) atoms. The number of aromatic nitrogens is 2. The Morgan fingerprint density at radius 2 is 1.70 bits per heavy atom. The van der Waals surface area contributed by atoms with Crippen molar-refractivity contribution in [3.8, 4) is 0 Å². The lowest BCUT2D eigenvalue weighted by molar-refractivity contribution is 0.102. The summed E-state index contributed by atoms with van der Waals surface area (Å²) in [5.74, 6) is -0.252. The van der Waals surface area contributed by atoms with Crippen LogP contribution in [0.3, 0.4) is 0 Å². The molecular formula is C18H13N3O2. The average molecular weight is 303 g/mol. The summed E-state index contributed by atoms with van der Waals surface area (Å²) in [6, 6.07) is 16.7. The fourth-order valence-corrected chi connectivity index (χ4v) is 2.78. The molecule has 2 aromatic heterocycles. The summed E-state index contributed by atoms with van der Waals surface area (Å²) in [5, 5.41) is 4.32. The van der Waals surface area contributed by atoms with Crippen molar-refractivity contribution in [1.82, 2.24) is 9.97 Å². The maximum absolute atomic E-state index is 12.6. The Kier molecular flexibility index (Phi) is 2.98. The first-order valence-electron chi connectivity index (χ1n) is 7.22. The molecule has 2 aromatic carbocycles. The van der Waals surface area contributed by atoms with Crippen LogP contribution < -0.4 is 10.9 Å². The van der Waals surface area contributed by atoms with Gasteiger partial charge in [0.15, 0.2) is 0 Å². The van der Waals surface area contributed by atoms with Crippen molar-refractivity contribution in [2.24, 2.45) is 0 Å². The van der Waals surface area contributed by atoms with Crippen LogP contribution in [0, 0.1) is 0 Å². The third kappa shape index (κ3) is 2.19. The number of hydrogen-bond acceptors (Lipinski definition) is 2. The lowest BCUT2D eigenvalue weighted by Gasteiger charge is -2.05. The SMILES string of the molecule is O=C(Nc1ccccc1)c1c[nH]c2c(=O)[nH]c3ccccc3c12. The maximum atomic E-state index is 12.6. The number of H-pyrrole nitrogens is 2. The molecule has 0 aliphatic rings. The van der Waals surface area contributed by atoms with Gasteiger partial charge in [0.1, 0.15) is 5.52 Å². The van der Waals surface area contributed by atoms with E-state index in [0.29, 0.717) is 27.7 Å². The molecule has 0 spiro atoms. The maximum Gasteiger partial charge on any atom is 0.272 e. The number of nitrogens with one attached hydrogen (secondary N) is 3. The number of amides is 1. The number of pyridine rings is 1. The summed E-state index contributed by atoms with van der Waals surface area (Å²) in [5.41, 5.74) is 2.03. The van der Waals surface area contributed by atoms with Gasteiger partial charge in [0, 0.05) is 28.2 Å². The molecule has 0 atom stereocenters. The molecule has 0 bridgehead atoms. The highest BCUT2D eigenvalue weighted by Gasteiger charge is 2.16. The van der Waals surface area contributed by atoms with Crippen LogP contribution in [-0.2, 0) is 0 Å². The van der Waals surface area contributed by atoms with E-state index in [0.717, 1.165) is 5.39 Å². The van der Waals surface area contributed by atoms with Gasteiger partial charge in [-0.1, -0.05) is 36.4 Å². The van der Waals surface area contributed by atoms with E-state index in [9.17, 15) is 9.59 Å². The van der Waals surface area contributed by atoms with E-state index < -0.39 is 0 Å². The standard InChI is InChI=1S/C18H13N3O2/c22-17(20-11-6-2-1-3-7-11)13-10-19-16-15(13)12-8-4-5-9-14(12)21-18(16)23/h1-10,19H,(H,20,22)(H,21,23). The van der Waals surface area contributed by atoms with E-state index in [1.54, 1.807) is 6.20 Å². The largest absolute Gasteiger partial charge is 0.356 e. The Morgan fingerprint density at radius 3 is 2.52 bits per heavy atom. The lowest BCUT2D eigenvalue weighted by Crippen LogP contribution is -2.12. The zero-order valence-electron chi connectivity index (χ0n) is 12.1. The summed E-state index contributed by atoms with van der Waals surface area (Å²) >= 11 is 0. The summed E-state index contributed by atoms with van der Waals surface area (Å²) in [7, 11) is 0. The third-order valence-electron chi connectivity index (χ3n) is 3.83. The van der Waals surface area contributed by atoms with Gasteiger partial charge >= 0.3 is 0 Å². The number of rotatable bonds is 2. The Morgan fingerprint density at radius 1 is 0.957 bits per heavy atom. The molecule has 0 saturated heterocycles. The van der Waals surface area contributed by atoms with E-state index in [2.05, 4.69) is 15.3 Å². The van der Waals surface area contributed by atoms with E-state index in [1.807, 2.05) is 54.6 Å². The number of para-hydroxylation sites is 2. The van der Waals surface area contributed by atoms with Crippen molar-refractivity contribution in [1.29, 1.82) is 0 Å². The van der Waals surface area contributed by atoms with Crippen molar-refractivity contribution in [3.63, 3.8) is 0 Å². The minimum absolute atomic E-state index is 0.238. The highest BCUT2D eigenvalue weighted by molar-refractivity contribution is 6.19. The smallest absolute Gasteiger partial charge is 0.272 e. The summed E-state index contributed by atoms with van der Waals surface area (Å²) in [4.78, 5) is 30.5. The van der Waals surface area contributed by atoms with Crippen molar-refractivity contribution in [2.75, 3.05) is 5.32 Å². The zero-order valence-corrected chi connectivity index (χ0v) is 12.1. The molecule has 0 radical (unpaired) electrons. The van der Waals surface area contributed by atoms with Crippen LogP contribution in [0.4, 0.5) is 5.69 Å². The number of carbonyl (C=O) groups is 1. The second-order valence-electron chi connectivity index (χ2n) is 5.27. The van der Waals surface area contributed by atoms with Gasteiger partial charge < -0.3 is 15.3 Å². The second kappa shape index (κ2) is 5.14. The predicted molar refractivity (Wildman–Crippen MR) is 90.8 cm³/mol. The topological polar surface area (TPSA) is 77.8 Å². The fourth-order valence-electron chi connectivity index (χ4n) is 2.78. The van der Waals surface area contributed by atoms with E-state index in [-0.39, 0.29) is 11.5 Å². The molecule has 0 saturated carbocycles. The third-order valence-corrected chi connectivity index (χ3v) is 3.83. The van der Waals surface area contributed by atoms with Crippen LogP contribution >= 0.6 is 0 Å². The number of anilines is 1. The first-order chi connectivity index (χ1) is 11.2. The van der Waals surface area contributed by atoms with Crippen molar-refractivity contribution in [2.45, 2.75) is 0 Å². The van der Waals surface area contributed by atoms with Crippen LogP contribution in [0.1, 0.15) is 10.4 Å². The minimum Gasteiger partial charge on any atom is -0.356 e. The van der Waals surface area contributed by atoms with Gasteiger partial charge in [0.25, 0.3) is 11.5 Å². The molecule has 5 nitrogen and oxygen atoms in total. The van der Waals surface area contributed by atoms with Gasteiger partial charge in [0.2, 0.25) is 0 Å². The highest BCUT2D eigenvalue weighted by atomic mass is 16.1. The van der Waals surface area contributed by atoms with Crippen LogP contribution in [0.15, 0.2) is 65.6 Å². The van der Waals surface area contributed by atoms with Crippen LogP contribution in [0.5, 0.6) is 0 Å². The van der Waals surface area contributed by atoms with Gasteiger partial charge in [0.05, 0.1) is 5.56 Å². The number of aromatic amines is 2. The number of carbonyl (C=O) groups excluding carboxylic acids is 1. The molecule has 4 aromatic rings. The molecule has 2 heterocycles. The fraction of sp³-hybridized carbons (Fsp3) is 0. The highest BCUT2D eigenvalue weighted by Crippen LogP contribution is 2.25. The minimum atomic E-state index is -0.252. The average Bonchev–Trinajstić information content (AvgIpc) is 3.02. The van der Waals surface area contributed by atoms with E-state index in [4.69, 9.17) is 0 Å². The first-order valence-corrected chi connectivity index (χ1v) is 7.22. The van der Waals surface area contributed by atoms with Crippen LogP contribution in [0.2, 0.25) is 0 Å². The molecule has 0 aliphatic carbocycles. The molecule has 3 N–H and O–H groups in total. The molecule has 112 valence electrons. The summed E-state index contributed by atoms with van der Waals surface area (Å²) in [6.07, 6.45) is 1.57. The normalized spacial score (nSPS) is 11.0. The Bertz CT molecular complexity index is 1080. The van der Waals surface area contributed by atoms with Crippen molar-refractivity contribution in [3.05, 3.63) is 76.7 Å². The van der Waals surface area contributed by atoms with Gasteiger partial charge in [-0.2, -0.15) is 0 Å². The second-order valence-corrected chi connectivity index (χ2v) is 5.27. The number of hydrogen-bond donors (Lipinski definition) is 3. The van der Waals surface area contributed by atoms with Gasteiger partial charge in [-0.3, -0.25) is 9.59 Å². The first kappa shape index (κ1) is 13.3. The van der Waals surface area contributed by atoms with Gasteiger partial charge in [-0.05, 0) is 18.2 Å². The molecule has 0 fully saturated rings.